The van der Waals surface area contributed by atoms with Crippen molar-refractivity contribution in [3.8, 4) is 23.3 Å². The summed E-state index contributed by atoms with van der Waals surface area (Å²) >= 11 is 0. The molecular weight excluding hydrogens is 1280 g/mol. The molecule has 0 unspecified atom stereocenters. The zero-order chi connectivity index (χ0) is 72.3. The number of unbranched alkanes of at least 4 members (excludes halogenated alkanes) is 62. The molecule has 3 aromatic rings. The number of hydrogen-bond acceptors (Lipinski definition) is 4. The van der Waals surface area contributed by atoms with Crippen LogP contribution in [0.15, 0.2) is 76.7 Å². The first kappa shape index (κ1) is 96.7. The first-order valence-electron chi connectivity index (χ1n) is 45.2. The van der Waals surface area contributed by atoms with Gasteiger partial charge in [0.15, 0.2) is 0 Å². The molecule has 0 bridgehead atoms. The van der Waals surface area contributed by atoms with Gasteiger partial charge in [0.1, 0.15) is 5.71 Å². The van der Waals surface area contributed by atoms with Gasteiger partial charge in [-0.15, -0.1) is 11.5 Å². The molecule has 3 rings (SSSR count). The molecule has 0 aliphatic rings. The van der Waals surface area contributed by atoms with Crippen LogP contribution in [0.3, 0.4) is 0 Å². The molecule has 0 spiro atoms. The zero-order valence-corrected chi connectivity index (χ0v) is 69.4. The molecule has 0 aliphatic carbocycles. The molecule has 0 atom stereocenters. The standard InChI is InChI=1S/C89H158N2.C8H10O2.Ni/c1-5-9-13-16-19-22-25-28-31-34-37-40-41-44-47-50-53-56-59-62-65-68-71-75-89(91-87-82-78-85(79-83-87)73-70-67-64-61-58-55-52-49-46-43-39-36-33-30-27-24-21-18-15-11-7-3)88(74-12-8-4)90-86-80-76-84(77-81-86)72-69-66-63-60-57-54-51-48-45-42-38-35-32-29-26-23-20-17-14-10-6-2;1-2-6-3-4-7(9)8(10)5-6;/h76-83H,5-70,72-74H2,1-4H3;3-5,9-10H,2H2,1H3;/q;;+2/p-2. The molecule has 0 fully saturated rings. The first-order chi connectivity index (χ1) is 49.9. The third kappa shape index (κ3) is 62.8. The summed E-state index contributed by atoms with van der Waals surface area (Å²) in [7, 11) is 0. The molecule has 0 amide bonds. The number of aryl methyl sites for hydroxylation is 3. The summed E-state index contributed by atoms with van der Waals surface area (Å²) in [5.74, 6) is 6.42. The SMILES string of the molecule is CCCCCCCCCCCCCCCCCCCCCCCC#CC(=Nc1ccc(CCCCCCCCCCCCCCCCCCCCCCC)cc1)C(CCCC)=Nc1ccc(CCCCCCCCCCCCCCCCCCCCCCC)cc1.CCc1ccc([O-])c([O-])c1.[Ni+2]. The molecule has 0 radical (unpaired) electrons. The van der Waals surface area contributed by atoms with Gasteiger partial charge in [-0.2, -0.15) is 0 Å². The van der Waals surface area contributed by atoms with Crippen LogP contribution in [0.1, 0.15) is 482 Å². The third-order valence-electron chi connectivity index (χ3n) is 21.6. The van der Waals surface area contributed by atoms with Crippen LogP contribution >= 0.6 is 0 Å². The van der Waals surface area contributed by atoms with Crippen LogP contribution in [0, 0.1) is 11.8 Å². The maximum Gasteiger partial charge on any atom is 2.00 e. The number of benzene rings is 3. The molecule has 102 heavy (non-hydrogen) atoms. The summed E-state index contributed by atoms with van der Waals surface area (Å²) in [5.41, 5.74) is 7.76. The maximum atomic E-state index is 10.7. The molecule has 4 nitrogen and oxygen atoms in total. The van der Waals surface area contributed by atoms with E-state index in [-0.39, 0.29) is 16.5 Å². The minimum atomic E-state index is -0.419. The van der Waals surface area contributed by atoms with Crippen LogP contribution in [-0.4, -0.2) is 11.4 Å². The van der Waals surface area contributed by atoms with Gasteiger partial charge in [0.25, 0.3) is 0 Å². The van der Waals surface area contributed by atoms with Crippen molar-refractivity contribution >= 4 is 22.8 Å². The van der Waals surface area contributed by atoms with Gasteiger partial charge in [-0.05, 0) is 98.2 Å². The second-order valence-electron chi connectivity index (χ2n) is 31.4. The predicted molar refractivity (Wildman–Crippen MR) is 449 cm³/mol. The van der Waals surface area contributed by atoms with E-state index < -0.39 is 11.5 Å². The van der Waals surface area contributed by atoms with E-state index >= 15 is 0 Å². The van der Waals surface area contributed by atoms with Crippen LogP contribution in [0.5, 0.6) is 11.5 Å². The Balaban J connectivity index is 0.00000432. The van der Waals surface area contributed by atoms with Crippen LogP contribution < -0.4 is 10.2 Å². The molecule has 5 heteroatoms. The van der Waals surface area contributed by atoms with Gasteiger partial charge >= 0.3 is 16.5 Å². The topological polar surface area (TPSA) is 70.8 Å². The summed E-state index contributed by atoms with van der Waals surface area (Å²) in [5, 5.41) is 21.3. The fraction of sp³-hybridized carbons (Fsp3) is 0.773. The Morgan fingerprint density at radius 1 is 0.265 bits per heavy atom. The van der Waals surface area contributed by atoms with E-state index in [9.17, 15) is 10.2 Å². The Morgan fingerprint density at radius 3 is 0.775 bits per heavy atom. The van der Waals surface area contributed by atoms with E-state index in [1.165, 1.54) is 434 Å². The third-order valence-corrected chi connectivity index (χ3v) is 21.6. The monoisotopic (exact) mass is 1450 g/mol. The van der Waals surface area contributed by atoms with Crippen molar-refractivity contribution in [3.63, 3.8) is 0 Å². The Morgan fingerprint density at radius 2 is 0.510 bits per heavy atom. The molecule has 0 saturated carbocycles. The minimum absolute atomic E-state index is 0. The Hall–Kier alpha value is -3.35. The Labute approximate surface area is 646 Å². The fourth-order valence-electron chi connectivity index (χ4n) is 14.6. The molecule has 3 aromatic carbocycles. The van der Waals surface area contributed by atoms with Crippen LogP contribution in [0.4, 0.5) is 11.4 Å². The van der Waals surface area contributed by atoms with E-state index in [1.807, 2.05) is 6.92 Å². The van der Waals surface area contributed by atoms with E-state index in [0.29, 0.717) is 0 Å². The van der Waals surface area contributed by atoms with Gasteiger partial charge in [-0.1, -0.05) is 475 Å². The van der Waals surface area contributed by atoms with Crippen molar-refractivity contribution in [2.24, 2.45) is 9.98 Å². The van der Waals surface area contributed by atoms with E-state index in [0.717, 1.165) is 66.9 Å². The van der Waals surface area contributed by atoms with Crippen molar-refractivity contribution < 1.29 is 26.7 Å². The Bertz CT molecular complexity index is 2330. The minimum Gasteiger partial charge on any atom is -0.873 e. The molecule has 0 aromatic heterocycles. The molecule has 0 saturated heterocycles. The fourth-order valence-corrected chi connectivity index (χ4v) is 14.6. The van der Waals surface area contributed by atoms with Gasteiger partial charge in [0.05, 0.1) is 17.1 Å². The first-order valence-corrected chi connectivity index (χ1v) is 45.2. The maximum absolute atomic E-state index is 10.7. The van der Waals surface area contributed by atoms with E-state index in [4.69, 9.17) is 9.98 Å². The van der Waals surface area contributed by atoms with Gasteiger partial charge in [0.2, 0.25) is 0 Å². The van der Waals surface area contributed by atoms with Gasteiger partial charge in [0, 0.05) is 6.42 Å². The average Bonchev–Trinajstić information content (AvgIpc) is 0.868. The van der Waals surface area contributed by atoms with E-state index in [1.54, 1.807) is 6.07 Å². The normalized spacial score (nSPS) is 11.6. The van der Waals surface area contributed by atoms with Crippen LogP contribution in [0.2, 0.25) is 0 Å². The largest absolute Gasteiger partial charge is 2.00 e. The van der Waals surface area contributed by atoms with Gasteiger partial charge < -0.3 is 10.2 Å². The molecular formula is C97H166N2NiO2. The van der Waals surface area contributed by atoms with Crippen molar-refractivity contribution in [3.05, 3.63) is 83.4 Å². The van der Waals surface area contributed by atoms with Crippen molar-refractivity contribution in [1.82, 2.24) is 0 Å². The number of hydrogen-bond donors (Lipinski definition) is 0. The molecule has 0 aliphatic heterocycles. The van der Waals surface area contributed by atoms with Crippen LogP contribution in [-0.2, 0) is 35.8 Å². The summed E-state index contributed by atoms with van der Waals surface area (Å²) in [6.45, 7) is 11.2. The Kier molecular flexibility index (Phi) is 73.2. The van der Waals surface area contributed by atoms with Gasteiger partial charge in [-0.3, -0.25) is 4.99 Å². The quantitative estimate of drug-likeness (QED) is 0.0245. The molecule has 0 heterocycles. The molecule has 0 N–H and O–H groups in total. The van der Waals surface area contributed by atoms with Gasteiger partial charge in [-0.25, -0.2) is 4.99 Å². The summed E-state index contributed by atoms with van der Waals surface area (Å²) < 4.78 is 0. The number of rotatable bonds is 72. The summed E-state index contributed by atoms with van der Waals surface area (Å²) in [6, 6.07) is 22.7. The van der Waals surface area contributed by atoms with Crippen molar-refractivity contribution in [1.29, 1.82) is 0 Å². The number of nitrogens with zero attached hydrogens (tertiary/aromatic N) is 2. The second kappa shape index (κ2) is 77.3. The average molecular weight is 1450 g/mol. The molecule has 586 valence electrons. The second-order valence-corrected chi connectivity index (χ2v) is 31.4. The van der Waals surface area contributed by atoms with E-state index in [2.05, 4.69) is 88.1 Å². The van der Waals surface area contributed by atoms with Crippen molar-refractivity contribution in [2.45, 2.75) is 484 Å². The smallest absolute Gasteiger partial charge is 0.873 e. The summed E-state index contributed by atoms with van der Waals surface area (Å²) in [6.07, 6.45) is 97.0. The predicted octanol–water partition coefficient (Wildman–Crippen LogP) is 32.2. The zero-order valence-electron chi connectivity index (χ0n) is 68.4. The van der Waals surface area contributed by atoms with Crippen LogP contribution in [0.25, 0.3) is 0 Å². The summed E-state index contributed by atoms with van der Waals surface area (Å²) in [4.78, 5) is 10.7. The van der Waals surface area contributed by atoms with Crippen molar-refractivity contribution in [2.75, 3.05) is 0 Å². The number of aliphatic imine (C=N–C) groups is 2.